The molecule has 53 heavy (non-hydrogen) atoms. The number of allylic oxidation sites excluding steroid dienone is 5. The highest BCUT2D eigenvalue weighted by Gasteiger charge is 2.62. The Kier molecular flexibility index (Phi) is 13.4. The maximum absolute atomic E-state index is 14.8. The quantitative estimate of drug-likeness (QED) is 0.123. The SMILES string of the molecule is CC[C@H]1O[C@]2(CC[C@@H]1C)C[C@@H]1C[C@@H](C/C=C(\C)C[C@@H](C)/C=C/C=C3\CO[C@@H]4[C@H](O[Si](C)(C)C(C)(C)C)C(CSC(=O)C=C(C)C)=C[C@@H](C(=O)O1)[C@]34O)O2. The number of rotatable bonds is 6. The maximum atomic E-state index is 14.8. The van der Waals surface area contributed by atoms with Crippen LogP contribution in [-0.2, 0) is 33.0 Å². The molecule has 0 radical (unpaired) electrons. The van der Waals surface area contributed by atoms with Crippen molar-refractivity contribution in [2.24, 2.45) is 17.8 Å². The van der Waals surface area contributed by atoms with Gasteiger partial charge in [0.05, 0.1) is 24.9 Å². The van der Waals surface area contributed by atoms with Crippen LogP contribution in [-0.4, -0.2) is 78.8 Å². The molecule has 5 rings (SSSR count). The number of thioether (sulfide) groups is 1. The molecular weight excluding hydrogens is 705 g/mol. The van der Waals surface area contributed by atoms with Crippen LogP contribution in [0, 0.1) is 17.8 Å². The van der Waals surface area contributed by atoms with E-state index in [1.807, 2.05) is 32.1 Å². The molecule has 2 bridgehead atoms. The second-order valence-electron chi connectivity index (χ2n) is 18.2. The fourth-order valence-corrected chi connectivity index (χ4v) is 10.5. The van der Waals surface area contributed by atoms with E-state index >= 15 is 0 Å². The van der Waals surface area contributed by atoms with Crippen LogP contribution in [0.3, 0.4) is 0 Å². The molecule has 0 aromatic rings. The first-order chi connectivity index (χ1) is 24.8. The Hall–Kier alpha value is -1.79. The first-order valence-corrected chi connectivity index (χ1v) is 23.8. The van der Waals surface area contributed by atoms with E-state index < -0.39 is 49.9 Å². The van der Waals surface area contributed by atoms with Crippen molar-refractivity contribution < 1.29 is 38.1 Å². The topological polar surface area (TPSA) is 101 Å². The summed E-state index contributed by atoms with van der Waals surface area (Å²) >= 11 is 1.18. The third-order valence-corrected chi connectivity index (χ3v) is 17.7. The zero-order valence-corrected chi connectivity index (χ0v) is 36.0. The standard InChI is InChI=1S/C43H66O8SSi/c1-12-36-30(6)18-19-42(50-36)24-34-23-33(49-42)17-16-29(5)21-28(4)14-13-15-32-25-47-39-38(51-53(10,11)41(7,8)9)31(26-52-37(44)20-27(2)3)22-35(40(45)48-34)43(32,39)46/h13-16,20,22,28,30,33-36,38-39,46H,12,17-19,21,23-26H2,1-11H3/b14-13+,29-16+,32-15+/t28-,30-,33+,34-,35-,36+,38+,39+,42+,43+/m0/s1. The number of hydrogen-bond acceptors (Lipinski definition) is 9. The lowest BCUT2D eigenvalue weighted by atomic mass is 9.71. The zero-order valence-electron chi connectivity index (χ0n) is 34.2. The van der Waals surface area contributed by atoms with Crippen LogP contribution in [0.4, 0.5) is 0 Å². The van der Waals surface area contributed by atoms with E-state index in [-0.39, 0.29) is 34.9 Å². The summed E-state index contributed by atoms with van der Waals surface area (Å²) in [5.41, 5.74) is 1.87. The van der Waals surface area contributed by atoms with Gasteiger partial charge in [0.15, 0.2) is 14.1 Å². The van der Waals surface area contributed by atoms with E-state index in [4.69, 9.17) is 23.4 Å². The van der Waals surface area contributed by atoms with Crippen LogP contribution in [0.5, 0.6) is 0 Å². The summed E-state index contributed by atoms with van der Waals surface area (Å²) in [6, 6.07) is 0. The Labute approximate surface area is 324 Å². The predicted octanol–water partition coefficient (Wildman–Crippen LogP) is 9.16. The van der Waals surface area contributed by atoms with Crippen molar-refractivity contribution in [3.05, 3.63) is 58.7 Å². The minimum absolute atomic E-state index is 0.0689. The largest absolute Gasteiger partial charge is 0.462 e. The summed E-state index contributed by atoms with van der Waals surface area (Å²) in [6.07, 6.45) is 14.9. The number of hydrogen-bond donors (Lipinski definition) is 1. The van der Waals surface area contributed by atoms with Gasteiger partial charge in [0, 0.05) is 25.0 Å². The predicted molar refractivity (Wildman–Crippen MR) is 215 cm³/mol. The molecule has 3 saturated heterocycles. The Bertz CT molecular complexity index is 1520. The maximum Gasteiger partial charge on any atom is 0.316 e. The van der Waals surface area contributed by atoms with Gasteiger partial charge in [-0.25, -0.2) is 0 Å². The molecule has 0 aromatic heterocycles. The lowest BCUT2D eigenvalue weighted by Crippen LogP contribution is -2.61. The summed E-state index contributed by atoms with van der Waals surface area (Å²) < 4.78 is 33.7. The first kappa shape index (κ1) is 42.4. The smallest absolute Gasteiger partial charge is 0.316 e. The average molecular weight is 771 g/mol. The molecule has 0 amide bonds. The van der Waals surface area contributed by atoms with Gasteiger partial charge >= 0.3 is 5.97 Å². The monoisotopic (exact) mass is 770 g/mol. The van der Waals surface area contributed by atoms with E-state index in [1.54, 1.807) is 6.08 Å². The van der Waals surface area contributed by atoms with Gasteiger partial charge in [-0.3, -0.25) is 9.59 Å². The van der Waals surface area contributed by atoms with Gasteiger partial charge < -0.3 is 28.5 Å². The Morgan fingerprint density at radius 1 is 1.17 bits per heavy atom. The number of carbonyl (C=O) groups is 2. The van der Waals surface area contributed by atoms with E-state index in [9.17, 15) is 14.7 Å². The summed E-state index contributed by atoms with van der Waals surface area (Å²) in [5.74, 6) is -1.42. The highest BCUT2D eigenvalue weighted by Crippen LogP contribution is 2.50. The van der Waals surface area contributed by atoms with E-state index in [0.717, 1.165) is 36.8 Å². The fraction of sp³-hybridized carbons (Fsp3) is 0.721. The second kappa shape index (κ2) is 16.7. The third kappa shape index (κ3) is 9.61. The van der Waals surface area contributed by atoms with Crippen LogP contribution in [0.1, 0.15) is 107 Å². The van der Waals surface area contributed by atoms with Gasteiger partial charge in [-0.05, 0) is 93.6 Å². The van der Waals surface area contributed by atoms with Gasteiger partial charge in [0.2, 0.25) is 5.12 Å². The third-order valence-electron chi connectivity index (χ3n) is 12.4. The molecule has 1 aliphatic carbocycles. The Balaban J connectivity index is 1.60. The minimum Gasteiger partial charge on any atom is -0.462 e. The number of esters is 1. The zero-order chi connectivity index (χ0) is 38.9. The molecule has 0 aromatic carbocycles. The normalized spacial score (nSPS) is 39.5. The fourth-order valence-electron chi connectivity index (χ4n) is 8.31. The van der Waals surface area contributed by atoms with Crippen LogP contribution in [0.15, 0.2) is 58.7 Å². The van der Waals surface area contributed by atoms with Crippen LogP contribution in [0.2, 0.25) is 18.1 Å². The minimum atomic E-state index is -2.43. The van der Waals surface area contributed by atoms with Crippen LogP contribution in [0.25, 0.3) is 0 Å². The molecule has 5 aliphatic rings. The molecule has 0 saturated carbocycles. The van der Waals surface area contributed by atoms with Crippen molar-refractivity contribution in [3.8, 4) is 0 Å². The number of ether oxygens (including phenoxy) is 4. The van der Waals surface area contributed by atoms with Crippen molar-refractivity contribution in [1.82, 2.24) is 0 Å². The van der Waals surface area contributed by atoms with Gasteiger partial charge in [0.1, 0.15) is 23.7 Å². The van der Waals surface area contributed by atoms with Crippen molar-refractivity contribution in [1.29, 1.82) is 0 Å². The van der Waals surface area contributed by atoms with Gasteiger partial charge in [-0.1, -0.05) is 94.8 Å². The Morgan fingerprint density at radius 2 is 1.91 bits per heavy atom. The first-order valence-electron chi connectivity index (χ1n) is 19.9. The van der Waals surface area contributed by atoms with Crippen molar-refractivity contribution in [2.75, 3.05) is 12.4 Å². The van der Waals surface area contributed by atoms with Crippen molar-refractivity contribution >= 4 is 31.2 Å². The number of aliphatic hydroxyl groups is 1. The van der Waals surface area contributed by atoms with E-state index in [2.05, 4.69) is 73.7 Å². The van der Waals surface area contributed by atoms with E-state index in [0.29, 0.717) is 36.5 Å². The Morgan fingerprint density at radius 3 is 2.58 bits per heavy atom. The van der Waals surface area contributed by atoms with Gasteiger partial charge in [-0.15, -0.1) is 0 Å². The molecule has 1 N–H and O–H groups in total. The molecule has 4 aliphatic heterocycles. The molecule has 10 atom stereocenters. The molecule has 0 unspecified atom stereocenters. The van der Waals surface area contributed by atoms with Gasteiger partial charge in [0.25, 0.3) is 0 Å². The summed E-state index contributed by atoms with van der Waals surface area (Å²) in [5, 5.41) is 12.8. The van der Waals surface area contributed by atoms with E-state index in [1.165, 1.54) is 17.3 Å². The molecule has 4 heterocycles. The summed E-state index contributed by atoms with van der Waals surface area (Å²) in [6.45, 7) is 23.6. The molecule has 296 valence electrons. The number of fused-ring (bicyclic) bond motifs is 2. The molecule has 8 nitrogen and oxygen atoms in total. The van der Waals surface area contributed by atoms with Gasteiger partial charge in [-0.2, -0.15) is 0 Å². The van der Waals surface area contributed by atoms with Crippen LogP contribution < -0.4 is 0 Å². The summed E-state index contributed by atoms with van der Waals surface area (Å²) in [4.78, 5) is 27.7. The number of carbonyl (C=O) groups excluding carboxylic acids is 2. The van der Waals surface area contributed by atoms with Crippen molar-refractivity contribution in [2.45, 2.75) is 167 Å². The van der Waals surface area contributed by atoms with Crippen molar-refractivity contribution in [3.63, 3.8) is 0 Å². The molecular formula is C43H66O8SSi. The molecule has 1 spiro atoms. The summed E-state index contributed by atoms with van der Waals surface area (Å²) in [7, 11) is -2.43. The highest BCUT2D eigenvalue weighted by atomic mass is 32.2. The lowest BCUT2D eigenvalue weighted by Gasteiger charge is -2.50. The second-order valence-corrected chi connectivity index (χ2v) is 23.9. The molecule has 10 heteroatoms. The lowest BCUT2D eigenvalue weighted by molar-refractivity contribution is -0.335. The molecule has 3 fully saturated rings. The van der Waals surface area contributed by atoms with Crippen LogP contribution >= 0.6 is 11.8 Å². The average Bonchev–Trinajstić information content (AvgIpc) is 3.39. The highest BCUT2D eigenvalue weighted by molar-refractivity contribution is 8.14.